The van der Waals surface area contributed by atoms with Gasteiger partial charge in [0.15, 0.2) is 0 Å². The van der Waals surface area contributed by atoms with Crippen molar-refractivity contribution in [1.29, 1.82) is 0 Å². The van der Waals surface area contributed by atoms with Crippen molar-refractivity contribution in [3.8, 4) is 0 Å². The highest BCUT2D eigenvalue weighted by atomic mass is 16.6. The Morgan fingerprint density at radius 3 is 1.91 bits per heavy atom. The first kappa shape index (κ1) is 21.6. The van der Waals surface area contributed by atoms with E-state index in [2.05, 4.69) is 10.6 Å². The summed E-state index contributed by atoms with van der Waals surface area (Å²) >= 11 is 0. The lowest BCUT2D eigenvalue weighted by Gasteiger charge is -2.32. The number of hydrogen-bond acceptors (Lipinski definition) is 6. The summed E-state index contributed by atoms with van der Waals surface area (Å²) in [6.45, 7) is 6.86. The lowest BCUT2D eigenvalue weighted by atomic mass is 9.96. The van der Waals surface area contributed by atoms with Crippen LogP contribution in [0, 0.1) is 5.92 Å². The van der Waals surface area contributed by atoms with Crippen molar-refractivity contribution < 1.29 is 29.6 Å². The van der Waals surface area contributed by atoms with Gasteiger partial charge in [-0.25, -0.2) is 4.79 Å². The molecule has 0 aromatic rings. The predicted octanol–water partition coefficient (Wildman–Crippen LogP) is -0.242. The molecule has 8 nitrogen and oxygen atoms in total. The summed E-state index contributed by atoms with van der Waals surface area (Å²) < 4.78 is 5.14. The Bertz CT molecular complexity index is 382. The van der Waals surface area contributed by atoms with Gasteiger partial charge in [0.25, 0.3) is 0 Å². The van der Waals surface area contributed by atoms with Gasteiger partial charge in [-0.2, -0.15) is 0 Å². The fourth-order valence-corrected chi connectivity index (χ4v) is 1.74. The number of hydrogen-bond donors (Lipinski definition) is 5. The molecule has 0 saturated carbocycles. The Morgan fingerprint density at radius 1 is 1.09 bits per heavy atom. The summed E-state index contributed by atoms with van der Waals surface area (Å²) in [5, 5.41) is 32.8. The molecule has 2 atom stereocenters. The Morgan fingerprint density at radius 2 is 1.57 bits per heavy atom. The highest BCUT2D eigenvalue weighted by Gasteiger charge is 2.35. The number of amides is 2. The molecule has 2 unspecified atom stereocenters. The van der Waals surface area contributed by atoms with Crippen molar-refractivity contribution in [2.75, 3.05) is 19.8 Å². The first-order valence-corrected chi connectivity index (χ1v) is 7.68. The summed E-state index contributed by atoms with van der Waals surface area (Å²) in [6.07, 6.45) is -0.126. The zero-order valence-electron chi connectivity index (χ0n) is 14.5. The van der Waals surface area contributed by atoms with E-state index in [4.69, 9.17) is 4.74 Å². The zero-order valence-corrected chi connectivity index (χ0v) is 14.5. The number of alkyl carbamates (subject to hydrolysis) is 1. The molecule has 0 heterocycles. The molecule has 0 aliphatic heterocycles. The van der Waals surface area contributed by atoms with E-state index in [0.29, 0.717) is 6.42 Å². The van der Waals surface area contributed by atoms with Crippen LogP contribution in [0.4, 0.5) is 4.79 Å². The average Bonchev–Trinajstić information content (AvgIpc) is 2.47. The van der Waals surface area contributed by atoms with Crippen LogP contribution in [0.2, 0.25) is 0 Å². The molecule has 5 N–H and O–H groups in total. The Kier molecular flexibility index (Phi) is 8.50. The van der Waals surface area contributed by atoms with E-state index < -0.39 is 49.0 Å². The molecule has 0 aromatic heterocycles. The fourth-order valence-electron chi connectivity index (χ4n) is 1.74. The third kappa shape index (κ3) is 7.15. The lowest BCUT2D eigenvalue weighted by Crippen LogP contribution is -2.62. The molecule has 0 aromatic carbocycles. The van der Waals surface area contributed by atoms with E-state index in [1.165, 1.54) is 0 Å². The molecule has 0 saturated heterocycles. The molecular formula is C15H30N2O6. The Balaban J connectivity index is 5.10. The summed E-state index contributed by atoms with van der Waals surface area (Å²) in [7, 11) is 0. The minimum absolute atomic E-state index is 0.212. The first-order valence-electron chi connectivity index (χ1n) is 7.68. The SMILES string of the molecule is CCC(C)C(NC(=O)OC(C)(C)C)C(=O)NC(CO)(CO)CO. The van der Waals surface area contributed by atoms with Crippen LogP contribution >= 0.6 is 0 Å². The van der Waals surface area contributed by atoms with Crippen LogP contribution in [0.3, 0.4) is 0 Å². The average molecular weight is 334 g/mol. The highest BCUT2D eigenvalue weighted by Crippen LogP contribution is 2.13. The molecule has 0 fully saturated rings. The summed E-state index contributed by atoms with van der Waals surface area (Å²) in [6, 6.07) is -0.918. The van der Waals surface area contributed by atoms with Gasteiger partial charge in [-0.1, -0.05) is 20.3 Å². The molecule has 2 amide bonds. The van der Waals surface area contributed by atoms with Gasteiger partial charge in [-0.05, 0) is 26.7 Å². The number of nitrogens with one attached hydrogen (secondary N) is 2. The number of rotatable bonds is 8. The molecule has 0 spiro atoms. The van der Waals surface area contributed by atoms with Crippen LogP contribution in [-0.2, 0) is 9.53 Å². The number of aliphatic hydroxyl groups excluding tert-OH is 3. The molecule has 0 bridgehead atoms. The van der Waals surface area contributed by atoms with Crippen molar-refractivity contribution in [2.24, 2.45) is 5.92 Å². The van der Waals surface area contributed by atoms with Crippen LogP contribution in [-0.4, -0.2) is 64.3 Å². The van der Waals surface area contributed by atoms with E-state index in [9.17, 15) is 24.9 Å². The maximum atomic E-state index is 12.4. The summed E-state index contributed by atoms with van der Waals surface area (Å²) in [5.41, 5.74) is -2.25. The van der Waals surface area contributed by atoms with Crippen molar-refractivity contribution in [2.45, 2.75) is 58.2 Å². The second kappa shape index (κ2) is 9.05. The van der Waals surface area contributed by atoms with Gasteiger partial charge < -0.3 is 30.7 Å². The number of carbonyl (C=O) groups is 2. The molecular weight excluding hydrogens is 304 g/mol. The van der Waals surface area contributed by atoms with E-state index >= 15 is 0 Å². The van der Waals surface area contributed by atoms with Crippen molar-refractivity contribution in [3.05, 3.63) is 0 Å². The predicted molar refractivity (Wildman–Crippen MR) is 84.7 cm³/mol. The Hall–Kier alpha value is -1.38. The fraction of sp³-hybridized carbons (Fsp3) is 0.867. The van der Waals surface area contributed by atoms with Crippen LogP contribution in [0.5, 0.6) is 0 Å². The van der Waals surface area contributed by atoms with Crippen LogP contribution in [0.15, 0.2) is 0 Å². The quantitative estimate of drug-likeness (QED) is 0.417. The van der Waals surface area contributed by atoms with Gasteiger partial charge in [-0.15, -0.1) is 0 Å². The molecule has 23 heavy (non-hydrogen) atoms. The van der Waals surface area contributed by atoms with Crippen LogP contribution < -0.4 is 10.6 Å². The number of carbonyl (C=O) groups excluding carboxylic acids is 2. The standard InChI is InChI=1S/C15H30N2O6/c1-6-10(2)11(16-13(22)23-14(3,4)5)12(21)17-15(7-18,8-19)9-20/h10-11,18-20H,6-9H2,1-5H3,(H,16,22)(H,17,21). The zero-order chi connectivity index (χ0) is 18.3. The third-order valence-electron chi connectivity index (χ3n) is 3.46. The van der Waals surface area contributed by atoms with Gasteiger partial charge in [0.05, 0.1) is 19.8 Å². The third-order valence-corrected chi connectivity index (χ3v) is 3.46. The minimum atomic E-state index is -1.54. The Labute approximate surface area is 137 Å². The number of ether oxygens (including phenoxy) is 1. The number of aliphatic hydroxyl groups is 3. The van der Waals surface area contributed by atoms with Crippen LogP contribution in [0.1, 0.15) is 41.0 Å². The summed E-state index contributed by atoms with van der Waals surface area (Å²) in [5.74, 6) is -0.821. The second-order valence-electron chi connectivity index (χ2n) is 6.75. The van der Waals surface area contributed by atoms with E-state index in [-0.39, 0.29) is 5.92 Å². The molecule has 0 aliphatic rings. The lowest BCUT2D eigenvalue weighted by molar-refractivity contribution is -0.128. The molecule has 0 aliphatic carbocycles. The highest BCUT2D eigenvalue weighted by molar-refractivity contribution is 5.86. The van der Waals surface area contributed by atoms with Crippen molar-refractivity contribution in [1.82, 2.24) is 10.6 Å². The van der Waals surface area contributed by atoms with Crippen molar-refractivity contribution in [3.63, 3.8) is 0 Å². The molecule has 8 heteroatoms. The minimum Gasteiger partial charge on any atom is -0.444 e. The topological polar surface area (TPSA) is 128 Å². The van der Waals surface area contributed by atoms with Gasteiger partial charge in [0.2, 0.25) is 5.91 Å². The monoisotopic (exact) mass is 334 g/mol. The smallest absolute Gasteiger partial charge is 0.408 e. The van der Waals surface area contributed by atoms with Crippen molar-refractivity contribution >= 4 is 12.0 Å². The normalized spacial score (nSPS) is 14.8. The van der Waals surface area contributed by atoms with Gasteiger partial charge >= 0.3 is 6.09 Å². The van der Waals surface area contributed by atoms with E-state index in [1.807, 2.05) is 6.92 Å². The first-order chi connectivity index (χ1) is 10.5. The maximum absolute atomic E-state index is 12.4. The van der Waals surface area contributed by atoms with Gasteiger partial charge in [0, 0.05) is 0 Å². The summed E-state index contributed by atoms with van der Waals surface area (Å²) in [4.78, 5) is 24.3. The second-order valence-corrected chi connectivity index (χ2v) is 6.75. The van der Waals surface area contributed by atoms with E-state index in [0.717, 1.165) is 0 Å². The van der Waals surface area contributed by atoms with Gasteiger partial charge in [-0.3, -0.25) is 4.79 Å². The van der Waals surface area contributed by atoms with Gasteiger partial charge in [0.1, 0.15) is 17.2 Å². The molecule has 0 rings (SSSR count). The largest absolute Gasteiger partial charge is 0.444 e. The molecule has 0 radical (unpaired) electrons. The maximum Gasteiger partial charge on any atom is 0.408 e. The molecule has 136 valence electrons. The van der Waals surface area contributed by atoms with Crippen LogP contribution in [0.25, 0.3) is 0 Å². The van der Waals surface area contributed by atoms with E-state index in [1.54, 1.807) is 27.7 Å².